The largest absolute Gasteiger partial charge is 0.455 e. The summed E-state index contributed by atoms with van der Waals surface area (Å²) in [6, 6.07) is 11.7. The molecule has 2 fully saturated rings. The van der Waals surface area contributed by atoms with Crippen molar-refractivity contribution in [2.24, 2.45) is 17.8 Å². The number of carbonyl (C=O) groups excluding carboxylic acids is 4. The number of halogens is 1. The summed E-state index contributed by atoms with van der Waals surface area (Å²) in [4.78, 5) is 60.5. The van der Waals surface area contributed by atoms with Gasteiger partial charge >= 0.3 is 5.97 Å². The standard InChI is InChI=1S/C38H44ClN3O8/c1-22(2)27(20-43)42-34-36(46)41(32-23(3)12-10-15-25(32)39)19-11-18-38(34)31(35(42)45)30-28(50-38)16-8-9-17-29(44)40-26(21-48-4)33(49-37(30)47)24-13-6-5-7-14-24/h5-8,10-16,18,22,26-28,30-31,33-34,43H,9,17,19-21H2,1-4H3,(H,40,44)/b16-8-/t26-,27+,28-,30+,31+,33-,34-,38+/m1/s1. The molecule has 0 bridgehead atoms. The number of rotatable bonds is 7. The summed E-state index contributed by atoms with van der Waals surface area (Å²) in [7, 11) is 1.50. The van der Waals surface area contributed by atoms with Crippen molar-refractivity contribution in [3.63, 3.8) is 0 Å². The van der Waals surface area contributed by atoms with Gasteiger partial charge in [-0.15, -0.1) is 0 Å². The second kappa shape index (κ2) is 14.7. The van der Waals surface area contributed by atoms with Crippen LogP contribution in [0.1, 0.15) is 43.9 Å². The Labute approximate surface area is 297 Å². The monoisotopic (exact) mass is 705 g/mol. The zero-order valence-corrected chi connectivity index (χ0v) is 29.4. The average Bonchev–Trinajstić information content (AvgIpc) is 3.47. The Morgan fingerprint density at radius 3 is 2.50 bits per heavy atom. The number of anilines is 1. The molecule has 0 radical (unpaired) electrons. The zero-order valence-electron chi connectivity index (χ0n) is 28.7. The Morgan fingerprint density at radius 2 is 1.82 bits per heavy atom. The maximum absolute atomic E-state index is 15.0. The van der Waals surface area contributed by atoms with Crippen LogP contribution in [0.2, 0.25) is 5.02 Å². The summed E-state index contributed by atoms with van der Waals surface area (Å²) in [6.07, 6.45) is 5.55. The molecule has 2 saturated heterocycles. The molecule has 2 aromatic carbocycles. The van der Waals surface area contributed by atoms with Gasteiger partial charge < -0.3 is 34.4 Å². The van der Waals surface area contributed by atoms with Crippen LogP contribution >= 0.6 is 11.6 Å². The first-order valence-electron chi connectivity index (χ1n) is 17.1. The molecule has 2 aromatic rings. The fraction of sp³-hybridized carbons (Fsp3) is 0.474. The highest BCUT2D eigenvalue weighted by Gasteiger charge is 2.73. The smallest absolute Gasteiger partial charge is 0.313 e. The molecule has 0 aliphatic carbocycles. The molecular weight excluding hydrogens is 662 g/mol. The Kier molecular flexibility index (Phi) is 10.5. The molecule has 8 atom stereocenters. The molecule has 11 nitrogen and oxygen atoms in total. The Bertz CT molecular complexity index is 1660. The number of nitrogens with one attached hydrogen (secondary N) is 1. The maximum atomic E-state index is 15.0. The number of cyclic esters (lactones) is 1. The highest BCUT2D eigenvalue weighted by molar-refractivity contribution is 6.34. The molecule has 50 heavy (non-hydrogen) atoms. The first-order chi connectivity index (χ1) is 24.0. The minimum Gasteiger partial charge on any atom is -0.455 e. The molecule has 1 spiro atoms. The first kappa shape index (κ1) is 35.8. The van der Waals surface area contributed by atoms with Crippen LogP contribution in [0.3, 0.4) is 0 Å². The molecule has 0 unspecified atom stereocenters. The number of amides is 3. The van der Waals surface area contributed by atoms with E-state index in [4.69, 9.17) is 25.8 Å². The number of methoxy groups -OCH3 is 1. The van der Waals surface area contributed by atoms with Gasteiger partial charge in [0, 0.05) is 20.1 Å². The zero-order chi connectivity index (χ0) is 35.7. The number of carbonyl (C=O) groups is 4. The number of allylic oxidation sites excluding steroid dienone is 1. The van der Waals surface area contributed by atoms with Crippen molar-refractivity contribution in [2.45, 2.75) is 69.5 Å². The van der Waals surface area contributed by atoms with E-state index in [1.54, 1.807) is 53.5 Å². The lowest BCUT2D eigenvalue weighted by Crippen LogP contribution is -2.59. The molecule has 4 heterocycles. The van der Waals surface area contributed by atoms with Gasteiger partial charge in [0.05, 0.1) is 48.0 Å². The summed E-state index contributed by atoms with van der Waals surface area (Å²) >= 11 is 6.68. The van der Waals surface area contributed by atoms with E-state index < -0.39 is 72.2 Å². The van der Waals surface area contributed by atoms with Gasteiger partial charge in [-0.2, -0.15) is 0 Å². The van der Waals surface area contributed by atoms with Gasteiger partial charge in [-0.25, -0.2) is 0 Å². The van der Waals surface area contributed by atoms with Gasteiger partial charge in [0.2, 0.25) is 11.8 Å². The van der Waals surface area contributed by atoms with Gasteiger partial charge in [0.1, 0.15) is 23.7 Å². The highest BCUT2D eigenvalue weighted by Crippen LogP contribution is 2.54. The normalized spacial score (nSPS) is 31.2. The van der Waals surface area contributed by atoms with Crippen molar-refractivity contribution in [3.05, 3.63) is 89.0 Å². The molecule has 0 aromatic heterocycles. The van der Waals surface area contributed by atoms with Gasteiger partial charge in [-0.1, -0.05) is 92.2 Å². The number of ether oxygens (including phenoxy) is 3. The fourth-order valence-electron chi connectivity index (χ4n) is 7.97. The lowest BCUT2D eigenvalue weighted by molar-refractivity contribution is -0.163. The molecule has 266 valence electrons. The second-order valence-electron chi connectivity index (χ2n) is 13.7. The summed E-state index contributed by atoms with van der Waals surface area (Å²) in [5.41, 5.74) is 0.332. The van der Waals surface area contributed by atoms with E-state index in [-0.39, 0.29) is 31.4 Å². The summed E-state index contributed by atoms with van der Waals surface area (Å²) in [6.45, 7) is 5.39. The van der Waals surface area contributed by atoms with E-state index in [1.807, 2.05) is 45.0 Å². The molecule has 2 N–H and O–H groups in total. The van der Waals surface area contributed by atoms with Crippen LogP contribution < -0.4 is 10.2 Å². The number of esters is 1. The van der Waals surface area contributed by atoms with Gasteiger partial charge in [-0.05, 0) is 36.5 Å². The topological polar surface area (TPSA) is 135 Å². The van der Waals surface area contributed by atoms with Crippen LogP contribution in [0.25, 0.3) is 0 Å². The van der Waals surface area contributed by atoms with Crippen molar-refractivity contribution in [3.8, 4) is 0 Å². The number of aryl methyl sites for hydroxylation is 1. The van der Waals surface area contributed by atoms with Gasteiger partial charge in [0.15, 0.2) is 0 Å². The van der Waals surface area contributed by atoms with E-state index >= 15 is 0 Å². The quantitative estimate of drug-likeness (QED) is 0.327. The summed E-state index contributed by atoms with van der Waals surface area (Å²) in [5, 5.41) is 14.0. The van der Waals surface area contributed by atoms with Crippen molar-refractivity contribution < 1.29 is 38.5 Å². The van der Waals surface area contributed by atoms with Crippen molar-refractivity contribution in [1.29, 1.82) is 0 Å². The van der Waals surface area contributed by atoms with Gasteiger partial charge in [0.25, 0.3) is 5.91 Å². The third kappa shape index (κ3) is 6.25. The number of hydrogen-bond acceptors (Lipinski definition) is 8. The minimum atomic E-state index is -1.58. The molecule has 3 amide bonds. The summed E-state index contributed by atoms with van der Waals surface area (Å²) < 4.78 is 18.6. The number of aliphatic hydroxyl groups is 1. The van der Waals surface area contributed by atoms with Crippen LogP contribution in [0, 0.1) is 24.7 Å². The van der Waals surface area contributed by atoms with Crippen molar-refractivity contribution in [1.82, 2.24) is 10.2 Å². The van der Waals surface area contributed by atoms with E-state index in [0.717, 1.165) is 5.56 Å². The van der Waals surface area contributed by atoms with Crippen molar-refractivity contribution in [2.75, 3.05) is 31.8 Å². The Hall–Kier alpha value is -4.03. The lowest BCUT2D eigenvalue weighted by atomic mass is 9.77. The van der Waals surface area contributed by atoms with E-state index in [2.05, 4.69) is 5.32 Å². The molecule has 4 aliphatic rings. The van der Waals surface area contributed by atoms with Gasteiger partial charge in [-0.3, -0.25) is 19.2 Å². The predicted molar refractivity (Wildman–Crippen MR) is 186 cm³/mol. The Morgan fingerprint density at radius 1 is 1.06 bits per heavy atom. The second-order valence-corrected chi connectivity index (χ2v) is 14.1. The van der Waals surface area contributed by atoms with E-state index in [0.29, 0.717) is 22.7 Å². The number of nitrogens with zero attached hydrogens (tertiary/aromatic N) is 2. The molecule has 12 heteroatoms. The fourth-order valence-corrected chi connectivity index (χ4v) is 8.30. The van der Waals surface area contributed by atoms with E-state index in [1.165, 1.54) is 12.0 Å². The number of para-hydroxylation sites is 1. The predicted octanol–water partition coefficient (Wildman–Crippen LogP) is 3.91. The minimum absolute atomic E-state index is 0.0578. The highest BCUT2D eigenvalue weighted by atomic mass is 35.5. The van der Waals surface area contributed by atoms with Crippen LogP contribution in [-0.2, 0) is 33.4 Å². The molecule has 4 aliphatic heterocycles. The Balaban J connectivity index is 1.49. The van der Waals surface area contributed by atoms with Crippen LogP contribution in [0.5, 0.6) is 0 Å². The maximum Gasteiger partial charge on any atom is 0.313 e. The molecular formula is C38H44ClN3O8. The number of likely N-dealkylation sites (tertiary alicyclic amines) is 1. The third-order valence-electron chi connectivity index (χ3n) is 10.3. The first-order valence-corrected chi connectivity index (χ1v) is 17.5. The van der Waals surface area contributed by atoms with Crippen LogP contribution in [0.4, 0.5) is 5.69 Å². The molecule has 0 saturated carbocycles. The third-order valence-corrected chi connectivity index (χ3v) is 10.6. The van der Waals surface area contributed by atoms with E-state index in [9.17, 15) is 24.3 Å². The van der Waals surface area contributed by atoms with Crippen molar-refractivity contribution >= 4 is 41.0 Å². The molecule has 6 rings (SSSR count). The number of benzene rings is 2. The SMILES string of the molecule is COC[C@H]1NC(=O)CC/C=C\[C@H]2O[C@]34C=CCN(c5c(C)cccc5Cl)C(=O)[C@H]3N([C@@H](CO)C(C)C)C(=O)[C@@H]4[C@H]2C(=O)O[C@@H]1c1ccccc1. The lowest BCUT2D eigenvalue weighted by Gasteiger charge is -2.40. The number of hydrogen-bond donors (Lipinski definition) is 2. The van der Waals surface area contributed by atoms with Crippen LogP contribution in [0.15, 0.2) is 72.8 Å². The van der Waals surface area contributed by atoms with Crippen LogP contribution in [-0.4, -0.2) is 90.4 Å². The number of fused-ring (bicyclic) bond motifs is 2. The summed E-state index contributed by atoms with van der Waals surface area (Å²) in [5.74, 6) is -4.44. The average molecular weight is 706 g/mol. The number of aliphatic hydroxyl groups excluding tert-OH is 1.